The van der Waals surface area contributed by atoms with Crippen molar-refractivity contribution in [3.8, 4) is 0 Å². The molecule has 0 N–H and O–H groups in total. The Kier molecular flexibility index (Phi) is 58.8. The van der Waals surface area contributed by atoms with E-state index in [4.69, 9.17) is 61.3 Å². The number of rotatable bonds is 0. The number of nitrogens with zero attached hydrogens (tertiary/aromatic N) is 4. The van der Waals surface area contributed by atoms with Crippen molar-refractivity contribution in [1.29, 1.82) is 0 Å². The minimum Gasteiger partial charge on any atom is -0.356 e. The van der Waals surface area contributed by atoms with Gasteiger partial charge in [0.2, 0.25) is 0 Å². The van der Waals surface area contributed by atoms with Gasteiger partial charge in [-0.25, -0.2) is 0 Å². The second-order valence-electron chi connectivity index (χ2n) is 0.894. The Morgan fingerprint density at radius 2 is 0.444 bits per heavy atom. The molecule has 0 saturated heterocycles. The molecular weight excluding hydrogens is 366 g/mol. The molecule has 0 aliphatic carbocycles. The average molecular weight is 366 g/mol. The fourth-order valence-electron chi connectivity index (χ4n) is 0. The molecule has 0 aliphatic rings. The van der Waals surface area contributed by atoms with E-state index in [2.05, 4.69) is 0 Å². The molecule has 2 radical (unpaired) electrons. The summed E-state index contributed by atoms with van der Waals surface area (Å²) in [7, 11) is 0. The van der Waals surface area contributed by atoms with Gasteiger partial charge in [-0.2, -0.15) is 0 Å². The van der Waals surface area contributed by atoms with E-state index in [-0.39, 0.29) is 34.1 Å². The van der Waals surface area contributed by atoms with E-state index >= 15 is 0 Å². The summed E-state index contributed by atoms with van der Waals surface area (Å²) in [6, 6.07) is 0. The molecular formula is CuMnN4O12. The van der Waals surface area contributed by atoms with Crippen molar-refractivity contribution in [2.75, 3.05) is 0 Å². The van der Waals surface area contributed by atoms with Crippen LogP contribution in [0.25, 0.3) is 0 Å². The van der Waals surface area contributed by atoms with Crippen LogP contribution in [0.2, 0.25) is 0 Å². The molecule has 0 amide bonds. The molecule has 0 aromatic heterocycles. The third-order valence-corrected chi connectivity index (χ3v) is 0. The Balaban J connectivity index is -0.0000000257. The Labute approximate surface area is 116 Å². The Bertz CT molecular complexity index is 164. The second-order valence-corrected chi connectivity index (χ2v) is 0.894. The van der Waals surface area contributed by atoms with Crippen molar-refractivity contribution in [2.24, 2.45) is 0 Å². The maximum absolute atomic E-state index is 8.25. The molecule has 110 valence electrons. The van der Waals surface area contributed by atoms with Crippen LogP contribution in [0.3, 0.4) is 0 Å². The van der Waals surface area contributed by atoms with Crippen LogP contribution in [0.5, 0.6) is 0 Å². The zero-order valence-electron chi connectivity index (χ0n) is 7.37. The Hall–Kier alpha value is -2.16. The normalized spacial score (nSPS) is 5.33. The van der Waals surface area contributed by atoms with E-state index < -0.39 is 20.3 Å². The van der Waals surface area contributed by atoms with Crippen LogP contribution < -0.4 is 0 Å². The van der Waals surface area contributed by atoms with Gasteiger partial charge in [0.15, 0.2) is 0 Å². The predicted octanol–water partition coefficient (Wildman–Crippen LogP) is -0.961. The van der Waals surface area contributed by atoms with Crippen LogP contribution in [0.4, 0.5) is 0 Å². The fraction of sp³-hybridized carbons (Fsp3) is 0. The maximum Gasteiger partial charge on any atom is 2.00 e. The molecule has 0 spiro atoms. The standard InChI is InChI=1S/Cu.Mn.4NO3/c;;4*2-1(3)4/q2*+2;4*-1. The fourth-order valence-corrected chi connectivity index (χ4v) is 0. The van der Waals surface area contributed by atoms with E-state index in [1.165, 1.54) is 0 Å². The molecule has 0 saturated carbocycles. The molecule has 18 heavy (non-hydrogen) atoms. The van der Waals surface area contributed by atoms with E-state index in [0.29, 0.717) is 0 Å². The quantitative estimate of drug-likeness (QED) is 0.284. The smallest absolute Gasteiger partial charge is 0.356 e. The van der Waals surface area contributed by atoms with Crippen LogP contribution in [0.1, 0.15) is 0 Å². The first kappa shape index (κ1) is 36.0. The summed E-state index contributed by atoms with van der Waals surface area (Å²) in [4.78, 5) is 33.0. The predicted molar refractivity (Wildman–Crippen MR) is 41.4 cm³/mol. The van der Waals surface area contributed by atoms with Gasteiger partial charge >= 0.3 is 34.1 Å². The summed E-state index contributed by atoms with van der Waals surface area (Å²) >= 11 is 0. The van der Waals surface area contributed by atoms with Crippen molar-refractivity contribution >= 4 is 0 Å². The van der Waals surface area contributed by atoms with Gasteiger partial charge in [0.25, 0.3) is 0 Å². The summed E-state index contributed by atoms with van der Waals surface area (Å²) in [5, 5.41) is 59.0. The van der Waals surface area contributed by atoms with Gasteiger partial charge in [0.1, 0.15) is 0 Å². The molecule has 0 bridgehead atoms. The topological polar surface area (TPSA) is 265 Å². The zero-order valence-corrected chi connectivity index (χ0v) is 9.49. The first-order valence-electron chi connectivity index (χ1n) is 2.19. The molecule has 0 heterocycles. The van der Waals surface area contributed by atoms with E-state index in [1.807, 2.05) is 0 Å². The number of hydrogen-bond acceptors (Lipinski definition) is 12. The van der Waals surface area contributed by atoms with Crippen molar-refractivity contribution in [3.63, 3.8) is 0 Å². The summed E-state index contributed by atoms with van der Waals surface area (Å²) in [5.74, 6) is 0. The summed E-state index contributed by atoms with van der Waals surface area (Å²) in [6.07, 6.45) is 0. The SMILES string of the molecule is O=[N+]([O-])[O-].O=[N+]([O-])[O-].O=[N+]([O-])[O-].O=[N+]([O-])[O-].[Cu+2].[Mn+2]. The second kappa shape index (κ2) is 29.4. The van der Waals surface area contributed by atoms with Crippen molar-refractivity contribution in [3.05, 3.63) is 61.3 Å². The molecule has 0 atom stereocenters. The van der Waals surface area contributed by atoms with E-state index in [0.717, 1.165) is 0 Å². The van der Waals surface area contributed by atoms with Gasteiger partial charge in [-0.3, -0.25) is 0 Å². The zero-order chi connectivity index (χ0) is 14.3. The first-order valence-corrected chi connectivity index (χ1v) is 2.19. The minimum absolute atomic E-state index is 0. The van der Waals surface area contributed by atoms with Gasteiger partial charge in [-0.15, -0.1) is 0 Å². The third kappa shape index (κ3) is 488. The Morgan fingerprint density at radius 1 is 0.444 bits per heavy atom. The first-order chi connectivity index (χ1) is 6.93. The Morgan fingerprint density at radius 3 is 0.444 bits per heavy atom. The average Bonchev–Trinajstić information content (AvgIpc) is 1.76. The third-order valence-electron chi connectivity index (χ3n) is 0. The van der Waals surface area contributed by atoms with E-state index in [1.54, 1.807) is 0 Å². The van der Waals surface area contributed by atoms with Crippen LogP contribution in [-0.4, -0.2) is 20.3 Å². The van der Waals surface area contributed by atoms with Gasteiger partial charge in [0, 0.05) is 0 Å². The maximum atomic E-state index is 8.25. The molecule has 0 aliphatic heterocycles. The van der Waals surface area contributed by atoms with Gasteiger partial charge in [-0.05, 0) is 0 Å². The van der Waals surface area contributed by atoms with E-state index in [9.17, 15) is 0 Å². The monoisotopic (exact) mass is 366 g/mol. The molecule has 0 aromatic rings. The summed E-state index contributed by atoms with van der Waals surface area (Å²) in [6.45, 7) is 0. The van der Waals surface area contributed by atoms with Crippen LogP contribution in [-0.2, 0) is 34.1 Å². The van der Waals surface area contributed by atoms with Gasteiger partial charge in [0.05, 0.1) is 20.3 Å². The van der Waals surface area contributed by atoms with Crippen LogP contribution in [0.15, 0.2) is 0 Å². The van der Waals surface area contributed by atoms with Gasteiger partial charge < -0.3 is 61.3 Å². The number of hydrogen-bond donors (Lipinski definition) is 0. The largest absolute Gasteiger partial charge is 2.00 e. The molecule has 0 fully saturated rings. The van der Waals surface area contributed by atoms with Crippen LogP contribution >= 0.6 is 0 Å². The molecule has 0 rings (SSSR count). The van der Waals surface area contributed by atoms with Crippen LogP contribution in [0, 0.1) is 61.3 Å². The van der Waals surface area contributed by atoms with Crippen molar-refractivity contribution in [2.45, 2.75) is 0 Å². The van der Waals surface area contributed by atoms with Gasteiger partial charge in [-0.1, -0.05) is 0 Å². The summed E-state index contributed by atoms with van der Waals surface area (Å²) in [5.41, 5.74) is 0. The van der Waals surface area contributed by atoms with Crippen molar-refractivity contribution in [1.82, 2.24) is 0 Å². The molecule has 16 nitrogen and oxygen atoms in total. The van der Waals surface area contributed by atoms with Crippen molar-refractivity contribution < 1.29 is 54.5 Å². The molecule has 18 heteroatoms. The summed E-state index contributed by atoms with van der Waals surface area (Å²) < 4.78 is 0. The molecule has 0 aromatic carbocycles. The minimum atomic E-state index is -1.75. The molecule has 0 unspecified atom stereocenters.